The van der Waals surface area contributed by atoms with Gasteiger partial charge in [-0.3, -0.25) is 10.1 Å². The van der Waals surface area contributed by atoms with E-state index in [4.69, 9.17) is 4.74 Å². The summed E-state index contributed by atoms with van der Waals surface area (Å²) < 4.78 is 5.79. The number of ether oxygens (including phenoxy) is 1. The van der Waals surface area contributed by atoms with Gasteiger partial charge in [0, 0.05) is 12.1 Å². The van der Waals surface area contributed by atoms with E-state index in [2.05, 4.69) is 41.0 Å². The summed E-state index contributed by atoms with van der Waals surface area (Å²) in [5.74, 6) is 0.755. The monoisotopic (exact) mass is 375 g/mol. The first-order chi connectivity index (χ1) is 13.1. The van der Waals surface area contributed by atoms with E-state index < -0.39 is 4.92 Å². The SMILES string of the molecule is C[Si]c1ccc(COc2ccc(N=Nc3ccc([N+](=O)[O-])cc3)cc2)cc1. The second-order valence-electron chi connectivity index (χ2n) is 5.70. The van der Waals surface area contributed by atoms with Gasteiger partial charge in [0.05, 0.1) is 25.8 Å². The van der Waals surface area contributed by atoms with Gasteiger partial charge < -0.3 is 4.74 Å². The Labute approximate surface area is 159 Å². The Morgan fingerprint density at radius 3 is 1.96 bits per heavy atom. The quantitative estimate of drug-likeness (QED) is 0.253. The molecule has 0 N–H and O–H groups in total. The zero-order chi connectivity index (χ0) is 19.1. The number of nitro groups is 1. The molecule has 0 amide bonds. The van der Waals surface area contributed by atoms with Gasteiger partial charge in [0.25, 0.3) is 5.69 Å². The van der Waals surface area contributed by atoms with Crippen molar-refractivity contribution >= 4 is 31.8 Å². The number of azo groups is 1. The Hall–Kier alpha value is -3.32. The molecule has 134 valence electrons. The van der Waals surface area contributed by atoms with Crippen molar-refractivity contribution in [3.63, 3.8) is 0 Å². The lowest BCUT2D eigenvalue weighted by molar-refractivity contribution is -0.384. The van der Waals surface area contributed by atoms with Crippen LogP contribution in [0.25, 0.3) is 0 Å². The van der Waals surface area contributed by atoms with E-state index in [-0.39, 0.29) is 5.69 Å². The lowest BCUT2D eigenvalue weighted by Crippen LogP contribution is -2.09. The fraction of sp³-hybridized carbons (Fsp3) is 0.100. The minimum Gasteiger partial charge on any atom is -0.489 e. The van der Waals surface area contributed by atoms with Crippen LogP contribution in [0.15, 0.2) is 83.0 Å². The number of hydrogen-bond acceptors (Lipinski definition) is 5. The molecule has 0 spiro atoms. The van der Waals surface area contributed by atoms with Gasteiger partial charge in [-0.1, -0.05) is 36.0 Å². The lowest BCUT2D eigenvalue weighted by atomic mass is 10.2. The molecular formula is C20H17N3O3Si. The van der Waals surface area contributed by atoms with Gasteiger partial charge in [-0.15, -0.1) is 0 Å². The second kappa shape index (κ2) is 8.86. The lowest BCUT2D eigenvalue weighted by Gasteiger charge is -2.07. The molecule has 0 aromatic heterocycles. The maximum absolute atomic E-state index is 10.6. The first kappa shape index (κ1) is 18.5. The Morgan fingerprint density at radius 2 is 1.44 bits per heavy atom. The van der Waals surface area contributed by atoms with Gasteiger partial charge in [-0.05, 0) is 42.0 Å². The van der Waals surface area contributed by atoms with Crippen LogP contribution in [0, 0.1) is 10.1 Å². The number of hydrogen-bond donors (Lipinski definition) is 0. The molecule has 0 fully saturated rings. The summed E-state index contributed by atoms with van der Waals surface area (Å²) in [7, 11) is 0.797. The summed E-state index contributed by atoms with van der Waals surface area (Å²) >= 11 is 0. The largest absolute Gasteiger partial charge is 0.489 e. The number of nitrogens with zero attached hydrogens (tertiary/aromatic N) is 3. The molecule has 2 radical (unpaired) electrons. The van der Waals surface area contributed by atoms with Crippen molar-refractivity contribution in [2.75, 3.05) is 0 Å². The topological polar surface area (TPSA) is 77.1 Å². The third kappa shape index (κ3) is 5.32. The summed E-state index contributed by atoms with van der Waals surface area (Å²) in [5.41, 5.74) is 2.38. The van der Waals surface area contributed by atoms with E-state index in [1.807, 2.05) is 24.3 Å². The van der Waals surface area contributed by atoms with Crippen LogP contribution < -0.4 is 9.92 Å². The number of non-ortho nitro benzene ring substituents is 1. The molecule has 0 saturated carbocycles. The zero-order valence-electron chi connectivity index (χ0n) is 14.7. The van der Waals surface area contributed by atoms with Gasteiger partial charge in [-0.2, -0.15) is 10.2 Å². The molecule has 0 aliphatic heterocycles. The van der Waals surface area contributed by atoms with E-state index in [1.54, 1.807) is 12.1 Å². The van der Waals surface area contributed by atoms with Gasteiger partial charge in [0.2, 0.25) is 0 Å². The molecule has 6 nitrogen and oxygen atoms in total. The van der Waals surface area contributed by atoms with Gasteiger partial charge in [-0.25, -0.2) is 0 Å². The molecule has 0 unspecified atom stereocenters. The molecule has 7 heteroatoms. The molecule has 0 atom stereocenters. The van der Waals surface area contributed by atoms with Gasteiger partial charge in [0.1, 0.15) is 12.4 Å². The van der Waals surface area contributed by atoms with Crippen molar-refractivity contribution in [3.8, 4) is 5.75 Å². The molecule has 3 aromatic carbocycles. The molecule has 0 bridgehead atoms. The summed E-state index contributed by atoms with van der Waals surface area (Å²) in [5, 5.41) is 20.2. The van der Waals surface area contributed by atoms with Crippen LogP contribution in [-0.2, 0) is 6.61 Å². The molecule has 0 aliphatic rings. The molecule has 0 saturated heterocycles. The van der Waals surface area contributed by atoms with E-state index in [0.717, 1.165) is 20.8 Å². The van der Waals surface area contributed by atoms with Crippen LogP contribution in [-0.4, -0.2) is 14.4 Å². The Kier molecular flexibility index (Phi) is 6.06. The smallest absolute Gasteiger partial charge is 0.269 e. The third-order valence-electron chi connectivity index (χ3n) is 3.83. The highest BCUT2D eigenvalue weighted by Crippen LogP contribution is 2.23. The number of rotatable bonds is 7. The van der Waals surface area contributed by atoms with E-state index in [9.17, 15) is 10.1 Å². The van der Waals surface area contributed by atoms with E-state index >= 15 is 0 Å². The minimum atomic E-state index is -0.446. The van der Waals surface area contributed by atoms with E-state index in [1.165, 1.54) is 17.3 Å². The molecular weight excluding hydrogens is 358 g/mol. The van der Waals surface area contributed by atoms with Crippen molar-refractivity contribution in [1.82, 2.24) is 0 Å². The Balaban J connectivity index is 1.56. The van der Waals surface area contributed by atoms with Crippen molar-refractivity contribution < 1.29 is 9.66 Å². The van der Waals surface area contributed by atoms with Crippen molar-refractivity contribution in [3.05, 3.63) is 88.5 Å². The number of benzene rings is 3. The average Bonchev–Trinajstić information content (AvgIpc) is 2.72. The minimum absolute atomic E-state index is 0.0280. The number of nitro benzene ring substituents is 1. The van der Waals surface area contributed by atoms with Crippen LogP contribution in [0.2, 0.25) is 6.55 Å². The van der Waals surface area contributed by atoms with Crippen LogP contribution in [0.5, 0.6) is 5.75 Å². The first-order valence-electron chi connectivity index (χ1n) is 8.30. The maximum atomic E-state index is 10.6. The summed E-state index contributed by atoms with van der Waals surface area (Å²) in [6.07, 6.45) is 0. The highest BCUT2D eigenvalue weighted by Gasteiger charge is 2.03. The van der Waals surface area contributed by atoms with Crippen LogP contribution >= 0.6 is 0 Å². The van der Waals surface area contributed by atoms with Crippen LogP contribution in [0.4, 0.5) is 17.1 Å². The third-order valence-corrected chi connectivity index (χ3v) is 4.74. The Morgan fingerprint density at radius 1 is 0.889 bits per heavy atom. The molecule has 3 aromatic rings. The highest BCUT2D eigenvalue weighted by molar-refractivity contribution is 6.51. The summed E-state index contributed by atoms with van der Waals surface area (Å²) in [6.45, 7) is 2.67. The second-order valence-corrected chi connectivity index (χ2v) is 6.78. The Bertz CT molecular complexity index is 924. The molecule has 0 aliphatic carbocycles. The van der Waals surface area contributed by atoms with E-state index in [0.29, 0.717) is 18.0 Å². The fourth-order valence-corrected chi connectivity index (χ4v) is 2.80. The zero-order valence-corrected chi connectivity index (χ0v) is 15.7. The van der Waals surface area contributed by atoms with Crippen molar-refractivity contribution in [2.45, 2.75) is 13.2 Å². The normalized spacial score (nSPS) is 10.9. The first-order valence-corrected chi connectivity index (χ1v) is 9.80. The van der Waals surface area contributed by atoms with Crippen LogP contribution in [0.1, 0.15) is 5.56 Å². The molecule has 27 heavy (non-hydrogen) atoms. The van der Waals surface area contributed by atoms with Gasteiger partial charge in [0.15, 0.2) is 0 Å². The predicted octanol–water partition coefficient (Wildman–Crippen LogP) is 4.97. The fourth-order valence-electron chi connectivity index (χ4n) is 2.30. The van der Waals surface area contributed by atoms with Gasteiger partial charge >= 0.3 is 0 Å². The maximum Gasteiger partial charge on any atom is 0.269 e. The standard InChI is InChI=1S/C20H17N3O3Si/c1-27-20-12-2-15(3-13-20)14-26-19-10-6-17(7-11-19)22-21-16-4-8-18(9-5-16)23(24)25/h2-13H,14H2,1H3. The summed E-state index contributed by atoms with van der Waals surface area (Å²) in [4.78, 5) is 10.2. The van der Waals surface area contributed by atoms with Crippen molar-refractivity contribution in [2.24, 2.45) is 10.2 Å². The average molecular weight is 375 g/mol. The molecule has 3 rings (SSSR count). The predicted molar refractivity (Wildman–Crippen MR) is 106 cm³/mol. The molecule has 0 heterocycles. The van der Waals surface area contributed by atoms with Crippen molar-refractivity contribution in [1.29, 1.82) is 0 Å². The van der Waals surface area contributed by atoms with Crippen LogP contribution in [0.3, 0.4) is 0 Å². The summed E-state index contributed by atoms with van der Waals surface area (Å²) in [6, 6.07) is 21.6. The highest BCUT2D eigenvalue weighted by atomic mass is 28.2.